The Morgan fingerprint density at radius 3 is 2.40 bits per heavy atom. The number of carbonyl (C=O) groups is 1. The molecule has 3 nitrogen and oxygen atoms in total. The van der Waals surface area contributed by atoms with Crippen LogP contribution in [0.15, 0.2) is 48.5 Å². The zero-order valence-electron chi connectivity index (χ0n) is 11.5. The molecule has 1 amide bonds. The number of nitrogen functional groups attached to an aromatic ring is 1. The van der Waals surface area contributed by atoms with Gasteiger partial charge in [-0.2, -0.15) is 0 Å². The third-order valence-electron chi connectivity index (χ3n) is 3.32. The Balaban J connectivity index is 2.23. The van der Waals surface area contributed by atoms with E-state index in [4.69, 9.17) is 5.73 Å². The molecule has 0 aromatic heterocycles. The lowest BCUT2D eigenvalue weighted by molar-refractivity contribution is -0.120. The molecule has 0 aliphatic heterocycles. The van der Waals surface area contributed by atoms with E-state index in [0.29, 0.717) is 5.69 Å². The Morgan fingerprint density at radius 2 is 1.80 bits per heavy atom. The smallest absolute Gasteiger partial charge is 0.234 e. The van der Waals surface area contributed by atoms with Crippen LogP contribution in [0.4, 0.5) is 15.8 Å². The molecule has 0 fully saturated rings. The van der Waals surface area contributed by atoms with Crippen LogP contribution in [0.5, 0.6) is 0 Å². The molecule has 4 heteroatoms. The quantitative estimate of drug-likeness (QED) is 0.842. The summed E-state index contributed by atoms with van der Waals surface area (Å²) in [6.45, 7) is 3.66. The molecular formula is C16H17FN2O. The number of anilines is 2. The van der Waals surface area contributed by atoms with Crippen LogP contribution in [0.2, 0.25) is 0 Å². The molecule has 0 aliphatic carbocycles. The molecule has 0 unspecified atom stereocenters. The maximum Gasteiger partial charge on any atom is 0.234 e. The Bertz CT molecular complexity index is 624. The zero-order valence-corrected chi connectivity index (χ0v) is 11.5. The van der Waals surface area contributed by atoms with Gasteiger partial charge >= 0.3 is 0 Å². The Kier molecular flexibility index (Phi) is 3.74. The van der Waals surface area contributed by atoms with Crippen LogP contribution >= 0.6 is 0 Å². The number of benzene rings is 2. The lowest BCUT2D eigenvalue weighted by Crippen LogP contribution is -2.34. The molecule has 3 N–H and O–H groups in total. The highest BCUT2D eigenvalue weighted by Gasteiger charge is 2.29. The van der Waals surface area contributed by atoms with Crippen LogP contribution in [-0.4, -0.2) is 5.91 Å². The van der Waals surface area contributed by atoms with Crippen molar-refractivity contribution in [1.29, 1.82) is 0 Å². The van der Waals surface area contributed by atoms with Gasteiger partial charge in [-0.25, -0.2) is 4.39 Å². The van der Waals surface area contributed by atoms with Crippen LogP contribution in [0.3, 0.4) is 0 Å². The van der Waals surface area contributed by atoms with Crippen molar-refractivity contribution in [2.75, 3.05) is 11.1 Å². The summed E-state index contributed by atoms with van der Waals surface area (Å²) in [6, 6.07) is 13.4. The van der Waals surface area contributed by atoms with E-state index in [9.17, 15) is 9.18 Å². The highest BCUT2D eigenvalue weighted by atomic mass is 19.1. The van der Waals surface area contributed by atoms with Crippen molar-refractivity contribution in [1.82, 2.24) is 0 Å². The average Bonchev–Trinajstić information content (AvgIpc) is 2.42. The molecule has 2 aromatic rings. The van der Waals surface area contributed by atoms with Crippen molar-refractivity contribution >= 4 is 17.3 Å². The minimum Gasteiger partial charge on any atom is -0.397 e. The number of halogens is 1. The van der Waals surface area contributed by atoms with Crippen LogP contribution in [0.25, 0.3) is 0 Å². The first-order valence-electron chi connectivity index (χ1n) is 6.33. The van der Waals surface area contributed by atoms with Crippen LogP contribution in [0.1, 0.15) is 19.4 Å². The van der Waals surface area contributed by atoms with Crippen molar-refractivity contribution in [3.05, 3.63) is 59.9 Å². The van der Waals surface area contributed by atoms with Gasteiger partial charge in [0.2, 0.25) is 5.91 Å². The molecule has 2 rings (SSSR count). The summed E-state index contributed by atoms with van der Waals surface area (Å²) in [6.07, 6.45) is 0. The molecule has 2 aromatic carbocycles. The summed E-state index contributed by atoms with van der Waals surface area (Å²) in [5, 5.41) is 2.75. The third-order valence-corrected chi connectivity index (χ3v) is 3.32. The summed E-state index contributed by atoms with van der Waals surface area (Å²) in [5.41, 5.74) is 6.52. The van der Waals surface area contributed by atoms with Gasteiger partial charge < -0.3 is 11.1 Å². The fraction of sp³-hybridized carbons (Fsp3) is 0.188. The average molecular weight is 272 g/mol. The summed E-state index contributed by atoms with van der Waals surface area (Å²) in [7, 11) is 0. The van der Waals surface area contributed by atoms with E-state index in [2.05, 4.69) is 5.32 Å². The molecular weight excluding hydrogens is 255 g/mol. The number of hydrogen-bond donors (Lipinski definition) is 2. The Labute approximate surface area is 117 Å². The lowest BCUT2D eigenvalue weighted by Gasteiger charge is -2.24. The molecule has 0 radical (unpaired) electrons. The van der Waals surface area contributed by atoms with E-state index >= 15 is 0 Å². The molecule has 0 bridgehead atoms. The molecule has 0 saturated carbocycles. The SMILES string of the molecule is CC(C)(C(=O)Nc1ccc(F)cc1N)c1ccccc1. The Hall–Kier alpha value is -2.36. The summed E-state index contributed by atoms with van der Waals surface area (Å²) in [5.74, 6) is -0.621. The van der Waals surface area contributed by atoms with Crippen molar-refractivity contribution in [2.45, 2.75) is 19.3 Å². The molecule has 0 spiro atoms. The van der Waals surface area contributed by atoms with Gasteiger partial charge in [0, 0.05) is 0 Å². The van der Waals surface area contributed by atoms with Gasteiger partial charge in [0.15, 0.2) is 0 Å². The largest absolute Gasteiger partial charge is 0.397 e. The minimum atomic E-state index is -0.706. The monoisotopic (exact) mass is 272 g/mol. The fourth-order valence-corrected chi connectivity index (χ4v) is 1.91. The molecule has 0 saturated heterocycles. The minimum absolute atomic E-state index is 0.193. The number of nitrogens with two attached hydrogens (primary N) is 1. The van der Waals surface area contributed by atoms with Gasteiger partial charge in [0.1, 0.15) is 5.82 Å². The number of carbonyl (C=O) groups excluding carboxylic acids is 1. The van der Waals surface area contributed by atoms with Gasteiger partial charge in [-0.1, -0.05) is 30.3 Å². The third kappa shape index (κ3) is 2.79. The predicted molar refractivity (Wildman–Crippen MR) is 78.9 cm³/mol. The van der Waals surface area contributed by atoms with E-state index in [1.165, 1.54) is 18.2 Å². The number of rotatable bonds is 3. The zero-order chi connectivity index (χ0) is 14.8. The molecule has 20 heavy (non-hydrogen) atoms. The maximum atomic E-state index is 13.0. The summed E-state index contributed by atoms with van der Waals surface area (Å²) in [4.78, 5) is 12.4. The molecule has 0 aliphatic rings. The predicted octanol–water partition coefficient (Wildman–Crippen LogP) is 3.32. The second-order valence-electron chi connectivity index (χ2n) is 5.18. The van der Waals surface area contributed by atoms with Gasteiger partial charge in [-0.05, 0) is 37.6 Å². The van der Waals surface area contributed by atoms with E-state index < -0.39 is 11.2 Å². The van der Waals surface area contributed by atoms with Crippen LogP contribution in [0, 0.1) is 5.82 Å². The fourth-order valence-electron chi connectivity index (χ4n) is 1.91. The lowest BCUT2D eigenvalue weighted by atomic mass is 9.83. The second-order valence-corrected chi connectivity index (χ2v) is 5.18. The van der Waals surface area contributed by atoms with Crippen LogP contribution in [-0.2, 0) is 10.2 Å². The van der Waals surface area contributed by atoms with Gasteiger partial charge in [0.25, 0.3) is 0 Å². The second kappa shape index (κ2) is 5.33. The van der Waals surface area contributed by atoms with Gasteiger partial charge in [0.05, 0.1) is 16.8 Å². The van der Waals surface area contributed by atoms with Crippen molar-refractivity contribution in [3.63, 3.8) is 0 Å². The highest BCUT2D eigenvalue weighted by molar-refractivity contribution is 6.00. The first-order valence-corrected chi connectivity index (χ1v) is 6.33. The van der Waals surface area contributed by atoms with E-state index in [1.54, 1.807) is 0 Å². The van der Waals surface area contributed by atoms with Crippen molar-refractivity contribution < 1.29 is 9.18 Å². The first-order chi connectivity index (χ1) is 9.41. The van der Waals surface area contributed by atoms with Crippen molar-refractivity contribution in [2.24, 2.45) is 0 Å². The number of amides is 1. The van der Waals surface area contributed by atoms with Gasteiger partial charge in [-0.3, -0.25) is 4.79 Å². The normalized spacial score (nSPS) is 11.2. The van der Waals surface area contributed by atoms with Gasteiger partial charge in [-0.15, -0.1) is 0 Å². The van der Waals surface area contributed by atoms with Crippen LogP contribution < -0.4 is 11.1 Å². The van der Waals surface area contributed by atoms with E-state index in [0.717, 1.165) is 5.56 Å². The first kappa shape index (κ1) is 14.1. The summed E-state index contributed by atoms with van der Waals surface area (Å²) < 4.78 is 13.0. The van der Waals surface area contributed by atoms with E-state index in [1.807, 2.05) is 44.2 Å². The number of hydrogen-bond acceptors (Lipinski definition) is 2. The van der Waals surface area contributed by atoms with E-state index in [-0.39, 0.29) is 11.6 Å². The van der Waals surface area contributed by atoms with Crippen molar-refractivity contribution in [3.8, 4) is 0 Å². The summed E-state index contributed by atoms with van der Waals surface area (Å²) >= 11 is 0. The Morgan fingerprint density at radius 1 is 1.15 bits per heavy atom. The maximum absolute atomic E-state index is 13.0. The molecule has 104 valence electrons. The topological polar surface area (TPSA) is 55.1 Å². The highest BCUT2D eigenvalue weighted by Crippen LogP contribution is 2.27. The molecule has 0 heterocycles. The number of nitrogens with one attached hydrogen (secondary N) is 1. The standard InChI is InChI=1S/C16H17FN2O/c1-16(2,11-6-4-3-5-7-11)15(20)19-14-9-8-12(17)10-13(14)18/h3-10H,18H2,1-2H3,(H,19,20). The molecule has 0 atom stereocenters.